The van der Waals surface area contributed by atoms with Crippen LogP contribution in [0, 0.1) is 17.3 Å². The summed E-state index contributed by atoms with van der Waals surface area (Å²) >= 11 is 0. The normalized spacial score (nSPS) is 38.7. The summed E-state index contributed by atoms with van der Waals surface area (Å²) in [6, 6.07) is 0. The molecule has 0 aromatic rings. The van der Waals surface area contributed by atoms with Crippen molar-refractivity contribution in [3.05, 3.63) is 0 Å². The van der Waals surface area contributed by atoms with Crippen LogP contribution < -0.4 is 0 Å². The fraction of sp³-hybridized carbons (Fsp3) is 1.00. The summed E-state index contributed by atoms with van der Waals surface area (Å²) in [7, 11) is 0. The SMILES string of the molecule is CCCC1[C@@H](C)C1(C)C. The van der Waals surface area contributed by atoms with E-state index in [0.717, 1.165) is 11.8 Å². The third-order valence-corrected chi connectivity index (χ3v) is 3.22. The maximum atomic E-state index is 2.39. The van der Waals surface area contributed by atoms with Crippen LogP contribution in [-0.2, 0) is 0 Å². The molecule has 0 aliphatic heterocycles. The molecule has 0 saturated heterocycles. The lowest BCUT2D eigenvalue weighted by Crippen LogP contribution is -1.88. The van der Waals surface area contributed by atoms with Gasteiger partial charge < -0.3 is 0 Å². The number of hydrogen-bond donors (Lipinski definition) is 0. The highest BCUT2D eigenvalue weighted by atomic mass is 14.6. The highest BCUT2D eigenvalue weighted by Gasteiger charge is 2.52. The Labute approximate surface area is 58.7 Å². The monoisotopic (exact) mass is 126 g/mol. The van der Waals surface area contributed by atoms with E-state index in [1.807, 2.05) is 0 Å². The van der Waals surface area contributed by atoms with Gasteiger partial charge in [-0.15, -0.1) is 0 Å². The summed E-state index contributed by atoms with van der Waals surface area (Å²) in [5, 5.41) is 0. The summed E-state index contributed by atoms with van der Waals surface area (Å²) < 4.78 is 0. The molecule has 1 unspecified atom stereocenters. The molecule has 0 nitrogen and oxygen atoms in total. The van der Waals surface area contributed by atoms with Gasteiger partial charge in [0.15, 0.2) is 0 Å². The first-order chi connectivity index (χ1) is 4.10. The zero-order chi connectivity index (χ0) is 7.07. The predicted octanol–water partition coefficient (Wildman–Crippen LogP) is 3.08. The molecule has 1 saturated carbocycles. The first kappa shape index (κ1) is 7.11. The van der Waals surface area contributed by atoms with Crippen molar-refractivity contribution in [2.45, 2.75) is 40.5 Å². The molecule has 1 aliphatic rings. The van der Waals surface area contributed by atoms with E-state index in [9.17, 15) is 0 Å². The molecule has 0 amide bonds. The van der Waals surface area contributed by atoms with Crippen LogP contribution in [0.25, 0.3) is 0 Å². The lowest BCUT2D eigenvalue weighted by Gasteiger charge is -1.98. The second-order valence-electron chi connectivity index (χ2n) is 4.01. The van der Waals surface area contributed by atoms with E-state index < -0.39 is 0 Å². The predicted molar refractivity (Wildman–Crippen MR) is 41.3 cm³/mol. The fourth-order valence-corrected chi connectivity index (χ4v) is 1.95. The second-order valence-corrected chi connectivity index (χ2v) is 4.01. The molecular formula is C9H18. The average molecular weight is 126 g/mol. The van der Waals surface area contributed by atoms with Gasteiger partial charge in [0.05, 0.1) is 0 Å². The highest BCUT2D eigenvalue weighted by Crippen LogP contribution is 2.59. The van der Waals surface area contributed by atoms with Crippen LogP contribution in [-0.4, -0.2) is 0 Å². The van der Waals surface area contributed by atoms with Gasteiger partial charge in [0, 0.05) is 0 Å². The number of hydrogen-bond acceptors (Lipinski definition) is 0. The lowest BCUT2D eigenvalue weighted by molar-refractivity contribution is 0.522. The molecule has 0 bridgehead atoms. The molecule has 54 valence electrons. The summed E-state index contributed by atoms with van der Waals surface area (Å²) in [5.74, 6) is 2.01. The molecule has 2 atom stereocenters. The van der Waals surface area contributed by atoms with Gasteiger partial charge in [-0.05, 0) is 23.7 Å². The van der Waals surface area contributed by atoms with E-state index in [4.69, 9.17) is 0 Å². The Balaban J connectivity index is 2.33. The van der Waals surface area contributed by atoms with Crippen LogP contribution in [0.1, 0.15) is 40.5 Å². The third kappa shape index (κ3) is 0.997. The molecule has 0 heterocycles. The molecule has 0 heteroatoms. The van der Waals surface area contributed by atoms with E-state index in [1.165, 1.54) is 12.8 Å². The third-order valence-electron chi connectivity index (χ3n) is 3.22. The highest BCUT2D eigenvalue weighted by molar-refractivity contribution is 5.01. The summed E-state index contributed by atoms with van der Waals surface area (Å²) in [5.41, 5.74) is 0.677. The van der Waals surface area contributed by atoms with Crippen molar-refractivity contribution < 1.29 is 0 Å². The van der Waals surface area contributed by atoms with Gasteiger partial charge >= 0.3 is 0 Å². The largest absolute Gasteiger partial charge is 0.0654 e. The maximum absolute atomic E-state index is 2.39. The Hall–Kier alpha value is 0. The quantitative estimate of drug-likeness (QED) is 0.533. The van der Waals surface area contributed by atoms with Gasteiger partial charge in [-0.25, -0.2) is 0 Å². The standard InChI is InChI=1S/C9H18/c1-5-6-8-7(2)9(8,3)4/h7-8H,5-6H2,1-4H3/t7-,8?/m1/s1. The first-order valence-electron chi connectivity index (χ1n) is 4.10. The van der Waals surface area contributed by atoms with Gasteiger partial charge in [-0.1, -0.05) is 34.1 Å². The Morgan fingerprint density at radius 2 is 1.78 bits per heavy atom. The Morgan fingerprint density at radius 1 is 1.33 bits per heavy atom. The van der Waals surface area contributed by atoms with Gasteiger partial charge in [0.25, 0.3) is 0 Å². The zero-order valence-corrected chi connectivity index (χ0v) is 7.07. The molecule has 1 rings (SSSR count). The molecule has 9 heavy (non-hydrogen) atoms. The Kier molecular flexibility index (Phi) is 1.58. The fourth-order valence-electron chi connectivity index (χ4n) is 1.95. The van der Waals surface area contributed by atoms with Crippen molar-refractivity contribution in [2.24, 2.45) is 17.3 Å². The summed E-state index contributed by atoms with van der Waals surface area (Å²) in [6.45, 7) is 9.43. The topological polar surface area (TPSA) is 0 Å². The molecule has 0 radical (unpaired) electrons. The maximum Gasteiger partial charge on any atom is -0.0295 e. The van der Waals surface area contributed by atoms with Crippen LogP contribution in [0.2, 0.25) is 0 Å². The Morgan fingerprint density at radius 3 is 1.89 bits per heavy atom. The van der Waals surface area contributed by atoms with Gasteiger partial charge in [-0.2, -0.15) is 0 Å². The lowest BCUT2D eigenvalue weighted by atomic mass is 10.1. The van der Waals surface area contributed by atoms with Crippen molar-refractivity contribution in [1.29, 1.82) is 0 Å². The summed E-state index contributed by atoms with van der Waals surface area (Å²) in [6.07, 6.45) is 2.80. The first-order valence-corrected chi connectivity index (χ1v) is 4.10. The molecule has 1 aliphatic carbocycles. The van der Waals surface area contributed by atoms with Gasteiger partial charge in [0.2, 0.25) is 0 Å². The van der Waals surface area contributed by atoms with E-state index in [-0.39, 0.29) is 0 Å². The van der Waals surface area contributed by atoms with Crippen molar-refractivity contribution in [2.75, 3.05) is 0 Å². The van der Waals surface area contributed by atoms with Crippen LogP contribution in [0.5, 0.6) is 0 Å². The minimum atomic E-state index is 0.677. The van der Waals surface area contributed by atoms with E-state index in [2.05, 4.69) is 27.7 Å². The second kappa shape index (κ2) is 2.00. The van der Waals surface area contributed by atoms with E-state index >= 15 is 0 Å². The van der Waals surface area contributed by atoms with Crippen LogP contribution in [0.3, 0.4) is 0 Å². The average Bonchev–Trinajstić information content (AvgIpc) is 2.19. The van der Waals surface area contributed by atoms with Crippen LogP contribution in [0.4, 0.5) is 0 Å². The van der Waals surface area contributed by atoms with E-state index in [0.29, 0.717) is 5.41 Å². The van der Waals surface area contributed by atoms with Crippen molar-refractivity contribution >= 4 is 0 Å². The molecule has 0 aromatic carbocycles. The molecule has 0 aromatic heterocycles. The van der Waals surface area contributed by atoms with Crippen molar-refractivity contribution in [1.82, 2.24) is 0 Å². The van der Waals surface area contributed by atoms with Crippen molar-refractivity contribution in [3.63, 3.8) is 0 Å². The smallest absolute Gasteiger partial charge is 0.0295 e. The molecule has 0 spiro atoms. The van der Waals surface area contributed by atoms with Crippen LogP contribution >= 0.6 is 0 Å². The van der Waals surface area contributed by atoms with E-state index in [1.54, 1.807) is 0 Å². The van der Waals surface area contributed by atoms with Crippen molar-refractivity contribution in [3.8, 4) is 0 Å². The number of rotatable bonds is 2. The summed E-state index contributed by atoms with van der Waals surface area (Å²) in [4.78, 5) is 0. The zero-order valence-electron chi connectivity index (χ0n) is 7.07. The Bertz CT molecular complexity index is 103. The van der Waals surface area contributed by atoms with Gasteiger partial charge in [0.1, 0.15) is 0 Å². The molecule has 1 fully saturated rings. The van der Waals surface area contributed by atoms with Gasteiger partial charge in [-0.3, -0.25) is 0 Å². The minimum Gasteiger partial charge on any atom is -0.0654 e. The molecule has 0 N–H and O–H groups in total. The molecular weight excluding hydrogens is 108 g/mol. The minimum absolute atomic E-state index is 0.677. The van der Waals surface area contributed by atoms with Crippen LogP contribution in [0.15, 0.2) is 0 Å².